The fourth-order valence-corrected chi connectivity index (χ4v) is 2.49. The van der Waals surface area contributed by atoms with Gasteiger partial charge in [0.1, 0.15) is 17.3 Å². The normalized spacial score (nSPS) is 10.4. The van der Waals surface area contributed by atoms with Crippen molar-refractivity contribution >= 4 is 5.91 Å². The van der Waals surface area contributed by atoms with Crippen LogP contribution in [0.15, 0.2) is 53.1 Å². The molecule has 0 spiro atoms. The summed E-state index contributed by atoms with van der Waals surface area (Å²) in [5.74, 6) is 0.839. The first kappa shape index (κ1) is 17.5. The summed E-state index contributed by atoms with van der Waals surface area (Å²) in [4.78, 5) is 12.3. The van der Waals surface area contributed by atoms with Crippen molar-refractivity contribution in [2.45, 2.75) is 6.54 Å². The molecular weight excluding hydrogens is 339 g/mol. The number of nitrogens with zero attached hydrogens (tertiary/aromatic N) is 1. The van der Waals surface area contributed by atoms with Crippen molar-refractivity contribution in [3.05, 3.63) is 65.6 Å². The number of nitrogens with one attached hydrogen (secondary N) is 1. The first-order valence-corrected chi connectivity index (χ1v) is 7.83. The van der Waals surface area contributed by atoms with Crippen molar-refractivity contribution in [1.29, 1.82) is 0 Å². The van der Waals surface area contributed by atoms with Gasteiger partial charge in [0.25, 0.3) is 5.91 Å². The Morgan fingerprint density at radius 1 is 1.12 bits per heavy atom. The Kier molecular flexibility index (Phi) is 5.17. The Labute approximate surface area is 149 Å². The number of carbonyl (C=O) groups is 1. The molecule has 1 amide bonds. The Morgan fingerprint density at radius 3 is 2.38 bits per heavy atom. The molecule has 0 atom stereocenters. The smallest absolute Gasteiger partial charge is 0.273 e. The van der Waals surface area contributed by atoms with Crippen LogP contribution < -0.4 is 14.8 Å². The van der Waals surface area contributed by atoms with E-state index in [0.717, 1.165) is 0 Å². The number of carbonyl (C=O) groups excluding carboxylic acids is 1. The predicted octanol–water partition coefficient (Wildman–Crippen LogP) is 3.43. The number of methoxy groups -OCH3 is 2. The molecule has 1 N–H and O–H groups in total. The fraction of sp³-hybridized carbons (Fsp3) is 0.158. The molecule has 0 fully saturated rings. The summed E-state index contributed by atoms with van der Waals surface area (Å²) in [5, 5.41) is 6.53. The van der Waals surface area contributed by atoms with E-state index in [1.807, 2.05) is 0 Å². The molecule has 6 nitrogen and oxygen atoms in total. The van der Waals surface area contributed by atoms with Crippen molar-refractivity contribution in [2.75, 3.05) is 14.2 Å². The van der Waals surface area contributed by atoms with Crippen LogP contribution in [0.2, 0.25) is 0 Å². The van der Waals surface area contributed by atoms with E-state index < -0.39 is 5.91 Å². The average Bonchev–Trinajstić information content (AvgIpc) is 3.16. The number of amides is 1. The van der Waals surface area contributed by atoms with E-state index >= 15 is 0 Å². The highest BCUT2D eigenvalue weighted by molar-refractivity contribution is 5.93. The fourth-order valence-electron chi connectivity index (χ4n) is 2.49. The van der Waals surface area contributed by atoms with Gasteiger partial charge >= 0.3 is 0 Å². The molecule has 1 heterocycles. The SMILES string of the molecule is COc1cccc(OC)c1CNC(=O)c1cc(-c2ccc(F)cc2)on1. The highest BCUT2D eigenvalue weighted by atomic mass is 19.1. The number of rotatable bonds is 6. The van der Waals surface area contributed by atoms with Gasteiger partial charge in [0.2, 0.25) is 0 Å². The second-order valence-corrected chi connectivity index (χ2v) is 5.41. The van der Waals surface area contributed by atoms with Crippen LogP contribution in [0, 0.1) is 5.82 Å². The van der Waals surface area contributed by atoms with Crippen LogP contribution >= 0.6 is 0 Å². The third-order valence-corrected chi connectivity index (χ3v) is 3.83. The minimum atomic E-state index is -0.407. The van der Waals surface area contributed by atoms with Gasteiger partial charge in [-0.15, -0.1) is 0 Å². The van der Waals surface area contributed by atoms with E-state index in [2.05, 4.69) is 10.5 Å². The molecule has 0 aliphatic heterocycles. The van der Waals surface area contributed by atoms with E-state index in [0.29, 0.717) is 28.4 Å². The quantitative estimate of drug-likeness (QED) is 0.732. The number of ether oxygens (including phenoxy) is 2. The molecule has 1 aromatic heterocycles. The molecule has 0 saturated carbocycles. The molecule has 0 bridgehead atoms. The summed E-state index contributed by atoms with van der Waals surface area (Å²) in [6, 6.07) is 12.6. The molecule has 134 valence electrons. The van der Waals surface area contributed by atoms with E-state index in [1.54, 1.807) is 44.6 Å². The number of halogens is 1. The lowest BCUT2D eigenvalue weighted by Crippen LogP contribution is -2.23. The van der Waals surface area contributed by atoms with Crippen LogP contribution in [0.3, 0.4) is 0 Å². The molecule has 0 saturated heterocycles. The lowest BCUT2D eigenvalue weighted by molar-refractivity contribution is 0.0941. The summed E-state index contributed by atoms with van der Waals surface area (Å²) < 4.78 is 28.8. The maximum Gasteiger partial charge on any atom is 0.273 e. The third kappa shape index (κ3) is 3.66. The molecular formula is C19H17FN2O4. The van der Waals surface area contributed by atoms with Crippen LogP contribution in [0.25, 0.3) is 11.3 Å². The van der Waals surface area contributed by atoms with Crippen LogP contribution in [0.4, 0.5) is 4.39 Å². The second-order valence-electron chi connectivity index (χ2n) is 5.41. The van der Waals surface area contributed by atoms with Gasteiger partial charge in [-0.1, -0.05) is 11.2 Å². The van der Waals surface area contributed by atoms with Crippen molar-refractivity contribution in [2.24, 2.45) is 0 Å². The van der Waals surface area contributed by atoms with Crippen LogP contribution in [-0.4, -0.2) is 25.3 Å². The maximum absolute atomic E-state index is 13.0. The molecule has 0 aliphatic carbocycles. The largest absolute Gasteiger partial charge is 0.496 e. The minimum Gasteiger partial charge on any atom is -0.496 e. The number of hydrogen-bond acceptors (Lipinski definition) is 5. The van der Waals surface area contributed by atoms with Gasteiger partial charge in [-0.05, 0) is 36.4 Å². The molecule has 26 heavy (non-hydrogen) atoms. The van der Waals surface area contributed by atoms with Gasteiger partial charge < -0.3 is 19.3 Å². The monoisotopic (exact) mass is 356 g/mol. The van der Waals surface area contributed by atoms with Crippen molar-refractivity contribution < 1.29 is 23.2 Å². The highest BCUT2D eigenvalue weighted by Gasteiger charge is 2.16. The lowest BCUT2D eigenvalue weighted by atomic mass is 10.1. The van der Waals surface area contributed by atoms with E-state index in [4.69, 9.17) is 14.0 Å². The lowest BCUT2D eigenvalue weighted by Gasteiger charge is -2.13. The molecule has 3 aromatic rings. The summed E-state index contributed by atoms with van der Waals surface area (Å²) >= 11 is 0. The number of hydrogen-bond donors (Lipinski definition) is 1. The van der Waals surface area contributed by atoms with E-state index in [9.17, 15) is 9.18 Å². The zero-order chi connectivity index (χ0) is 18.5. The Bertz CT molecular complexity index is 884. The van der Waals surface area contributed by atoms with Gasteiger partial charge in [0.05, 0.1) is 26.3 Å². The summed E-state index contributed by atoms with van der Waals surface area (Å²) in [6.07, 6.45) is 0. The molecule has 0 radical (unpaired) electrons. The van der Waals surface area contributed by atoms with E-state index in [-0.39, 0.29) is 18.1 Å². The first-order chi connectivity index (χ1) is 12.6. The van der Waals surface area contributed by atoms with Gasteiger partial charge in [-0.3, -0.25) is 4.79 Å². The number of aromatic nitrogens is 1. The zero-order valence-electron chi connectivity index (χ0n) is 14.3. The van der Waals surface area contributed by atoms with E-state index in [1.165, 1.54) is 18.2 Å². The first-order valence-electron chi connectivity index (χ1n) is 7.83. The minimum absolute atomic E-state index is 0.123. The highest BCUT2D eigenvalue weighted by Crippen LogP contribution is 2.28. The van der Waals surface area contributed by atoms with Gasteiger partial charge in [-0.2, -0.15) is 0 Å². The van der Waals surface area contributed by atoms with Gasteiger partial charge in [0, 0.05) is 11.6 Å². The zero-order valence-corrected chi connectivity index (χ0v) is 14.3. The molecule has 0 unspecified atom stereocenters. The van der Waals surface area contributed by atoms with Crippen LogP contribution in [-0.2, 0) is 6.54 Å². The maximum atomic E-state index is 13.0. The summed E-state index contributed by atoms with van der Waals surface area (Å²) in [7, 11) is 3.10. The van der Waals surface area contributed by atoms with Crippen LogP contribution in [0.1, 0.15) is 16.1 Å². The third-order valence-electron chi connectivity index (χ3n) is 3.83. The van der Waals surface area contributed by atoms with Crippen molar-refractivity contribution in [3.63, 3.8) is 0 Å². The molecule has 2 aromatic carbocycles. The van der Waals surface area contributed by atoms with Crippen molar-refractivity contribution in [3.8, 4) is 22.8 Å². The van der Waals surface area contributed by atoms with Crippen molar-refractivity contribution in [1.82, 2.24) is 10.5 Å². The Balaban J connectivity index is 1.73. The summed E-state index contributed by atoms with van der Waals surface area (Å²) in [5.41, 5.74) is 1.47. The Morgan fingerprint density at radius 2 is 1.77 bits per heavy atom. The molecule has 7 heteroatoms. The standard InChI is InChI=1S/C19H17FN2O4/c1-24-16-4-3-5-17(25-2)14(16)11-21-19(23)15-10-18(26-22-15)12-6-8-13(20)9-7-12/h3-10H,11H2,1-2H3,(H,21,23). The number of benzene rings is 2. The van der Waals surface area contributed by atoms with Gasteiger partial charge in [-0.25, -0.2) is 4.39 Å². The molecule has 3 rings (SSSR count). The van der Waals surface area contributed by atoms with Crippen LogP contribution in [0.5, 0.6) is 11.5 Å². The van der Waals surface area contributed by atoms with Gasteiger partial charge in [0.15, 0.2) is 11.5 Å². The predicted molar refractivity (Wildman–Crippen MR) is 92.6 cm³/mol. The molecule has 0 aliphatic rings. The topological polar surface area (TPSA) is 73.6 Å². The average molecular weight is 356 g/mol. The second kappa shape index (κ2) is 7.69. The Hall–Kier alpha value is -3.35. The summed E-state index contributed by atoms with van der Waals surface area (Å²) in [6.45, 7) is 0.199.